The number of primary amides is 1. The van der Waals surface area contributed by atoms with E-state index in [0.717, 1.165) is 0 Å². The fraction of sp³-hybridized carbons (Fsp3) is 0.714. The monoisotopic (exact) mass is 174 g/mol. The lowest BCUT2D eigenvalue weighted by atomic mass is 9.86. The Morgan fingerprint density at radius 1 is 1.42 bits per heavy atom. The Morgan fingerprint density at radius 3 is 1.92 bits per heavy atom. The van der Waals surface area contributed by atoms with Crippen LogP contribution in [0.4, 0.5) is 4.79 Å². The SMILES string of the molecule is CC(C)(C)C(NC(=O)O)C(N)=O. The molecule has 2 amide bonds. The Bertz CT molecular complexity index is 195. The van der Waals surface area contributed by atoms with Gasteiger partial charge in [-0.25, -0.2) is 4.79 Å². The van der Waals surface area contributed by atoms with E-state index in [1.807, 2.05) is 0 Å². The summed E-state index contributed by atoms with van der Waals surface area (Å²) in [7, 11) is 0. The minimum Gasteiger partial charge on any atom is -0.465 e. The maximum atomic E-state index is 10.8. The zero-order valence-electron chi connectivity index (χ0n) is 7.42. The third-order valence-corrected chi connectivity index (χ3v) is 1.42. The van der Waals surface area contributed by atoms with Crippen LogP contribution < -0.4 is 11.1 Å². The van der Waals surface area contributed by atoms with Crippen molar-refractivity contribution in [1.82, 2.24) is 5.32 Å². The third kappa shape index (κ3) is 3.23. The average molecular weight is 174 g/mol. The van der Waals surface area contributed by atoms with E-state index in [4.69, 9.17) is 10.8 Å². The first-order chi connectivity index (χ1) is 5.25. The van der Waals surface area contributed by atoms with Crippen molar-refractivity contribution in [2.45, 2.75) is 26.8 Å². The Labute approximate surface area is 70.9 Å². The maximum Gasteiger partial charge on any atom is 0.405 e. The molecule has 70 valence electrons. The highest BCUT2D eigenvalue weighted by Crippen LogP contribution is 2.18. The molecule has 0 aliphatic heterocycles. The van der Waals surface area contributed by atoms with Crippen molar-refractivity contribution >= 4 is 12.0 Å². The van der Waals surface area contributed by atoms with Gasteiger partial charge < -0.3 is 16.2 Å². The number of carbonyl (C=O) groups excluding carboxylic acids is 1. The molecule has 1 atom stereocenters. The van der Waals surface area contributed by atoms with Gasteiger partial charge in [0.05, 0.1) is 0 Å². The first-order valence-corrected chi connectivity index (χ1v) is 3.54. The molecule has 0 heterocycles. The summed E-state index contributed by atoms with van der Waals surface area (Å²) >= 11 is 0. The highest BCUT2D eigenvalue weighted by molar-refractivity contribution is 5.84. The summed E-state index contributed by atoms with van der Waals surface area (Å²) in [5, 5.41) is 10.4. The van der Waals surface area contributed by atoms with Crippen LogP contribution in [-0.4, -0.2) is 23.1 Å². The molecule has 0 aliphatic carbocycles. The Hall–Kier alpha value is -1.26. The van der Waals surface area contributed by atoms with Crippen LogP contribution in [0, 0.1) is 5.41 Å². The van der Waals surface area contributed by atoms with Crippen LogP contribution in [0.15, 0.2) is 0 Å². The van der Waals surface area contributed by atoms with Crippen LogP contribution in [-0.2, 0) is 4.79 Å². The molecular weight excluding hydrogens is 160 g/mol. The third-order valence-electron chi connectivity index (χ3n) is 1.42. The normalized spacial score (nSPS) is 13.6. The van der Waals surface area contributed by atoms with Gasteiger partial charge in [0.1, 0.15) is 6.04 Å². The van der Waals surface area contributed by atoms with E-state index in [9.17, 15) is 9.59 Å². The minimum atomic E-state index is -1.24. The summed E-state index contributed by atoms with van der Waals surface area (Å²) in [6.07, 6.45) is -1.24. The molecule has 0 aromatic carbocycles. The van der Waals surface area contributed by atoms with Crippen LogP contribution in [0.3, 0.4) is 0 Å². The molecule has 0 spiro atoms. The van der Waals surface area contributed by atoms with Crippen molar-refractivity contribution < 1.29 is 14.7 Å². The summed E-state index contributed by atoms with van der Waals surface area (Å²) in [5.41, 5.74) is 4.51. The van der Waals surface area contributed by atoms with Crippen molar-refractivity contribution in [2.24, 2.45) is 11.1 Å². The first kappa shape index (κ1) is 10.7. The smallest absolute Gasteiger partial charge is 0.405 e. The Kier molecular flexibility index (Phi) is 3.06. The molecule has 5 nitrogen and oxygen atoms in total. The fourth-order valence-electron chi connectivity index (χ4n) is 0.838. The number of hydrogen-bond acceptors (Lipinski definition) is 2. The van der Waals surface area contributed by atoms with Crippen LogP contribution in [0.5, 0.6) is 0 Å². The van der Waals surface area contributed by atoms with Crippen LogP contribution in [0.1, 0.15) is 20.8 Å². The fourth-order valence-corrected chi connectivity index (χ4v) is 0.838. The van der Waals surface area contributed by atoms with Gasteiger partial charge >= 0.3 is 6.09 Å². The van der Waals surface area contributed by atoms with Gasteiger partial charge in [0.2, 0.25) is 5.91 Å². The lowest BCUT2D eigenvalue weighted by Crippen LogP contribution is -2.51. The molecule has 1 unspecified atom stereocenters. The summed E-state index contributed by atoms with van der Waals surface area (Å²) in [6.45, 7) is 5.20. The quantitative estimate of drug-likeness (QED) is 0.556. The van der Waals surface area contributed by atoms with Crippen molar-refractivity contribution in [3.8, 4) is 0 Å². The number of nitrogens with two attached hydrogens (primary N) is 1. The average Bonchev–Trinajstić information content (AvgIpc) is 1.79. The van der Waals surface area contributed by atoms with Crippen molar-refractivity contribution in [2.75, 3.05) is 0 Å². The number of nitrogens with one attached hydrogen (secondary N) is 1. The molecule has 0 fully saturated rings. The molecule has 0 rings (SSSR count). The van der Waals surface area contributed by atoms with E-state index in [2.05, 4.69) is 5.32 Å². The van der Waals surface area contributed by atoms with Gasteiger partial charge in [0.15, 0.2) is 0 Å². The molecule has 0 aromatic heterocycles. The molecule has 0 radical (unpaired) electrons. The predicted octanol–water partition coefficient (Wildman–Crippen LogP) is 0.154. The second-order valence-electron chi connectivity index (χ2n) is 3.65. The van der Waals surface area contributed by atoms with E-state index in [-0.39, 0.29) is 0 Å². The number of carboxylic acid groups (broad SMARTS) is 1. The van der Waals surface area contributed by atoms with E-state index in [1.54, 1.807) is 20.8 Å². The largest absolute Gasteiger partial charge is 0.465 e. The predicted molar refractivity (Wildman–Crippen MR) is 43.6 cm³/mol. The Morgan fingerprint density at radius 2 is 1.83 bits per heavy atom. The van der Waals surface area contributed by atoms with Gasteiger partial charge in [0.25, 0.3) is 0 Å². The highest BCUT2D eigenvalue weighted by Gasteiger charge is 2.30. The molecule has 5 heteroatoms. The molecule has 0 aromatic rings. The lowest BCUT2D eigenvalue weighted by Gasteiger charge is -2.27. The molecular formula is C7H14N2O3. The van der Waals surface area contributed by atoms with E-state index >= 15 is 0 Å². The molecule has 0 saturated heterocycles. The molecule has 12 heavy (non-hydrogen) atoms. The topological polar surface area (TPSA) is 92.4 Å². The maximum absolute atomic E-state index is 10.8. The van der Waals surface area contributed by atoms with Crippen molar-refractivity contribution in [3.63, 3.8) is 0 Å². The molecule has 0 aliphatic rings. The standard InChI is InChI=1S/C7H14N2O3/c1-7(2,3)4(5(8)10)9-6(11)12/h4,9H,1-3H3,(H2,8,10)(H,11,12). The highest BCUT2D eigenvalue weighted by atomic mass is 16.4. The van der Waals surface area contributed by atoms with Crippen LogP contribution in [0.2, 0.25) is 0 Å². The van der Waals surface area contributed by atoms with E-state index in [1.165, 1.54) is 0 Å². The van der Waals surface area contributed by atoms with E-state index in [0.29, 0.717) is 0 Å². The lowest BCUT2D eigenvalue weighted by molar-refractivity contribution is -0.122. The minimum absolute atomic E-state index is 0.496. The van der Waals surface area contributed by atoms with Gasteiger partial charge in [-0.1, -0.05) is 20.8 Å². The summed E-state index contributed by atoms with van der Waals surface area (Å²) < 4.78 is 0. The van der Waals surface area contributed by atoms with Crippen molar-refractivity contribution in [1.29, 1.82) is 0 Å². The van der Waals surface area contributed by atoms with Crippen molar-refractivity contribution in [3.05, 3.63) is 0 Å². The molecule has 0 bridgehead atoms. The van der Waals surface area contributed by atoms with Gasteiger partial charge in [0, 0.05) is 0 Å². The zero-order valence-corrected chi connectivity index (χ0v) is 7.42. The number of amides is 2. The summed E-state index contributed by atoms with van der Waals surface area (Å²) in [6, 6.07) is -0.852. The number of carbonyl (C=O) groups is 2. The summed E-state index contributed by atoms with van der Waals surface area (Å²) in [5.74, 6) is -0.662. The van der Waals surface area contributed by atoms with Crippen LogP contribution >= 0.6 is 0 Å². The summed E-state index contributed by atoms with van der Waals surface area (Å²) in [4.78, 5) is 21.0. The zero-order chi connectivity index (χ0) is 9.94. The van der Waals surface area contributed by atoms with Gasteiger partial charge in [-0.2, -0.15) is 0 Å². The van der Waals surface area contributed by atoms with Gasteiger partial charge in [-0.05, 0) is 5.41 Å². The van der Waals surface area contributed by atoms with E-state index < -0.39 is 23.5 Å². The number of rotatable bonds is 2. The van der Waals surface area contributed by atoms with Crippen LogP contribution in [0.25, 0.3) is 0 Å². The second-order valence-corrected chi connectivity index (χ2v) is 3.65. The Balaban J connectivity index is 4.46. The number of hydrogen-bond donors (Lipinski definition) is 3. The molecule has 0 saturated carbocycles. The van der Waals surface area contributed by atoms with Gasteiger partial charge in [-0.3, -0.25) is 4.79 Å². The molecule has 4 N–H and O–H groups in total. The first-order valence-electron chi connectivity index (χ1n) is 3.54. The van der Waals surface area contributed by atoms with Gasteiger partial charge in [-0.15, -0.1) is 0 Å². The second kappa shape index (κ2) is 3.42.